The van der Waals surface area contributed by atoms with Gasteiger partial charge in [-0.05, 0) is 31.5 Å². The zero-order chi connectivity index (χ0) is 28.3. The van der Waals surface area contributed by atoms with Gasteiger partial charge < -0.3 is 37.9 Å². The number of methoxy groups -OCH3 is 1. The molecule has 2 saturated heterocycles. The lowest BCUT2D eigenvalue weighted by molar-refractivity contribution is -0.220. The van der Waals surface area contributed by atoms with Gasteiger partial charge in [0.2, 0.25) is 0 Å². The van der Waals surface area contributed by atoms with E-state index in [2.05, 4.69) is 0 Å². The van der Waals surface area contributed by atoms with Crippen molar-refractivity contribution in [3.05, 3.63) is 93.2 Å². The SMILES string of the molecule is COCO[C@H](C[C@@H](O)c1ccco1)[C@H]1O[C@@H](n2ccc(=O)n(COCc3ccccc3)c2=O)[C@@H]2OC(C)(C)O[C@@H]21. The fourth-order valence-corrected chi connectivity index (χ4v) is 5.07. The van der Waals surface area contributed by atoms with Gasteiger partial charge in [0.05, 0.1) is 19.0 Å². The van der Waals surface area contributed by atoms with Crippen molar-refractivity contribution in [3.63, 3.8) is 0 Å². The van der Waals surface area contributed by atoms with E-state index in [-0.39, 0.29) is 26.6 Å². The summed E-state index contributed by atoms with van der Waals surface area (Å²) >= 11 is 0. The van der Waals surface area contributed by atoms with Crippen LogP contribution in [0, 0.1) is 0 Å². The molecule has 12 nitrogen and oxygen atoms in total. The Balaban J connectivity index is 1.40. The van der Waals surface area contributed by atoms with Crippen molar-refractivity contribution in [1.82, 2.24) is 9.13 Å². The number of fused-ring (bicyclic) bond motifs is 1. The summed E-state index contributed by atoms with van der Waals surface area (Å²) in [5.74, 6) is -0.599. The van der Waals surface area contributed by atoms with Crippen LogP contribution in [0.2, 0.25) is 0 Å². The van der Waals surface area contributed by atoms with E-state index in [9.17, 15) is 14.7 Å². The third-order valence-corrected chi connectivity index (χ3v) is 6.86. The molecule has 0 unspecified atom stereocenters. The van der Waals surface area contributed by atoms with Gasteiger partial charge in [-0.2, -0.15) is 0 Å². The maximum Gasteiger partial charge on any atom is 0.335 e. The van der Waals surface area contributed by atoms with Crippen LogP contribution in [0.1, 0.15) is 43.9 Å². The van der Waals surface area contributed by atoms with Gasteiger partial charge in [-0.3, -0.25) is 9.36 Å². The number of aliphatic hydroxyl groups is 1. The number of nitrogens with zero attached hydrogens (tertiary/aromatic N) is 2. The van der Waals surface area contributed by atoms with Gasteiger partial charge in [0, 0.05) is 25.8 Å². The Morgan fingerprint density at radius 3 is 2.55 bits per heavy atom. The number of benzene rings is 1. The van der Waals surface area contributed by atoms with Crippen molar-refractivity contribution in [2.24, 2.45) is 0 Å². The second kappa shape index (κ2) is 12.2. The topological polar surface area (TPSA) is 133 Å². The number of aliphatic hydroxyl groups excluding tert-OH is 1. The minimum Gasteiger partial charge on any atom is -0.467 e. The Labute approximate surface area is 230 Å². The lowest BCUT2D eigenvalue weighted by Gasteiger charge is -2.30. The molecule has 6 atom stereocenters. The van der Waals surface area contributed by atoms with Crippen molar-refractivity contribution in [2.75, 3.05) is 13.9 Å². The molecule has 1 N–H and O–H groups in total. The summed E-state index contributed by atoms with van der Waals surface area (Å²) in [6.07, 6.45) is -1.80. The maximum atomic E-state index is 13.5. The van der Waals surface area contributed by atoms with E-state index in [4.69, 9.17) is 32.8 Å². The van der Waals surface area contributed by atoms with Crippen LogP contribution in [-0.2, 0) is 41.8 Å². The van der Waals surface area contributed by atoms with Crippen molar-refractivity contribution in [1.29, 1.82) is 0 Å². The number of aromatic nitrogens is 2. The van der Waals surface area contributed by atoms with Crippen LogP contribution in [0.15, 0.2) is 75.0 Å². The number of rotatable bonds is 12. The first-order chi connectivity index (χ1) is 19.3. The zero-order valence-electron chi connectivity index (χ0n) is 22.6. The highest BCUT2D eigenvalue weighted by molar-refractivity contribution is 5.13. The second-order valence-corrected chi connectivity index (χ2v) is 10.2. The molecule has 2 aromatic heterocycles. The first-order valence-corrected chi connectivity index (χ1v) is 13.0. The Kier molecular flexibility index (Phi) is 8.66. The van der Waals surface area contributed by atoms with Gasteiger partial charge in [-0.15, -0.1) is 0 Å². The van der Waals surface area contributed by atoms with E-state index >= 15 is 0 Å². The molecule has 2 aliphatic rings. The van der Waals surface area contributed by atoms with E-state index in [1.807, 2.05) is 30.3 Å². The van der Waals surface area contributed by atoms with Crippen LogP contribution in [-0.4, -0.2) is 58.3 Å². The van der Waals surface area contributed by atoms with Crippen LogP contribution in [0.3, 0.4) is 0 Å². The zero-order valence-corrected chi connectivity index (χ0v) is 22.6. The molecule has 4 heterocycles. The Morgan fingerprint density at radius 2 is 1.82 bits per heavy atom. The third-order valence-electron chi connectivity index (χ3n) is 6.86. The standard InChI is InChI=1S/C28H34N2O10/c1-28(2)39-24-23(21(37-17-34-3)14-19(31)20-10-7-13-36-20)38-26(25(24)40-28)29-12-11-22(32)30(27(29)33)16-35-15-18-8-5-4-6-9-18/h4-13,19,21,23-26,31H,14-17H2,1-3H3/t19-,21-,23-,24-,25-,26-/m1/s1. The van der Waals surface area contributed by atoms with Crippen molar-refractivity contribution in [3.8, 4) is 0 Å². The molecule has 1 aromatic carbocycles. The third kappa shape index (κ3) is 6.13. The smallest absolute Gasteiger partial charge is 0.335 e. The van der Waals surface area contributed by atoms with E-state index in [1.165, 1.54) is 30.2 Å². The summed E-state index contributed by atoms with van der Waals surface area (Å²) in [5.41, 5.74) is -0.218. The average Bonchev–Trinajstić information content (AvgIpc) is 3.65. The molecule has 2 fully saturated rings. The molecule has 3 aromatic rings. The van der Waals surface area contributed by atoms with Gasteiger partial charge in [0.25, 0.3) is 5.56 Å². The average molecular weight is 559 g/mol. The Bertz CT molecular complexity index is 1350. The van der Waals surface area contributed by atoms with E-state index in [0.717, 1.165) is 10.1 Å². The van der Waals surface area contributed by atoms with E-state index in [0.29, 0.717) is 5.76 Å². The fourth-order valence-electron chi connectivity index (χ4n) is 5.07. The number of ether oxygens (including phenoxy) is 6. The minimum atomic E-state index is -0.986. The summed E-state index contributed by atoms with van der Waals surface area (Å²) in [4.78, 5) is 26.1. The molecule has 216 valence electrons. The highest BCUT2D eigenvalue weighted by Crippen LogP contribution is 2.45. The second-order valence-electron chi connectivity index (χ2n) is 10.2. The molecular formula is C28H34N2O10. The van der Waals surface area contributed by atoms with Crippen LogP contribution < -0.4 is 11.2 Å². The number of furan rings is 1. The lowest BCUT2D eigenvalue weighted by atomic mass is 9.99. The summed E-state index contributed by atoms with van der Waals surface area (Å²) in [7, 11) is 1.49. The quantitative estimate of drug-likeness (QED) is 0.330. The first-order valence-electron chi connectivity index (χ1n) is 13.0. The maximum absolute atomic E-state index is 13.5. The van der Waals surface area contributed by atoms with Crippen molar-refractivity contribution in [2.45, 2.75) is 76.1 Å². The van der Waals surface area contributed by atoms with Crippen molar-refractivity contribution < 1.29 is 37.9 Å². The Hall–Kier alpha value is -3.10. The summed E-state index contributed by atoms with van der Waals surface area (Å²) in [6, 6.07) is 14.1. The Morgan fingerprint density at radius 1 is 1.05 bits per heavy atom. The fraction of sp³-hybridized carbons (Fsp3) is 0.500. The minimum absolute atomic E-state index is 0.0642. The molecule has 0 saturated carbocycles. The van der Waals surface area contributed by atoms with Crippen molar-refractivity contribution >= 4 is 0 Å². The number of hydrogen-bond donors (Lipinski definition) is 1. The summed E-state index contributed by atoms with van der Waals surface area (Å²) in [6.45, 7) is 3.46. The monoisotopic (exact) mass is 558 g/mol. The molecule has 12 heteroatoms. The first kappa shape index (κ1) is 28.4. The molecule has 0 aliphatic carbocycles. The van der Waals surface area contributed by atoms with E-state index < -0.39 is 53.8 Å². The molecule has 0 spiro atoms. The molecule has 0 radical (unpaired) electrons. The predicted octanol–water partition coefficient (Wildman–Crippen LogP) is 2.31. The summed E-state index contributed by atoms with van der Waals surface area (Å²) < 4.78 is 43.1. The largest absolute Gasteiger partial charge is 0.467 e. The lowest BCUT2D eigenvalue weighted by Crippen LogP contribution is -2.43. The highest BCUT2D eigenvalue weighted by Gasteiger charge is 2.58. The molecule has 40 heavy (non-hydrogen) atoms. The molecule has 2 aliphatic heterocycles. The van der Waals surface area contributed by atoms with Gasteiger partial charge in [0.15, 0.2) is 12.0 Å². The van der Waals surface area contributed by atoms with Crippen LogP contribution in [0.25, 0.3) is 0 Å². The van der Waals surface area contributed by atoms with E-state index in [1.54, 1.807) is 26.0 Å². The predicted molar refractivity (Wildman–Crippen MR) is 139 cm³/mol. The van der Waals surface area contributed by atoms with Gasteiger partial charge >= 0.3 is 5.69 Å². The van der Waals surface area contributed by atoms with Crippen LogP contribution in [0.4, 0.5) is 0 Å². The van der Waals surface area contributed by atoms with Gasteiger partial charge in [-0.25, -0.2) is 9.36 Å². The molecule has 0 bridgehead atoms. The summed E-state index contributed by atoms with van der Waals surface area (Å²) in [5, 5.41) is 10.8. The normalized spacial score (nSPS) is 25.1. The molecule has 5 rings (SSSR count). The highest BCUT2D eigenvalue weighted by atomic mass is 16.8. The number of hydrogen-bond acceptors (Lipinski definition) is 10. The van der Waals surface area contributed by atoms with Gasteiger partial charge in [0.1, 0.15) is 43.7 Å². The molecular weight excluding hydrogens is 524 g/mol. The van der Waals surface area contributed by atoms with Crippen LogP contribution in [0.5, 0.6) is 0 Å². The molecule has 0 amide bonds. The van der Waals surface area contributed by atoms with Crippen LogP contribution >= 0.6 is 0 Å². The van der Waals surface area contributed by atoms with Gasteiger partial charge in [-0.1, -0.05) is 30.3 Å².